The first-order valence-electron chi connectivity index (χ1n) is 13.7. The van der Waals surface area contributed by atoms with E-state index in [4.69, 9.17) is 0 Å². The maximum atomic E-state index is 2.59. The third-order valence-electron chi connectivity index (χ3n) is 8.54. The SMILES string of the molecule is CC(C)(C1CCCC1C(C)(C)P(c1ccccc1)c1ccccc1)P(c1ccccc1)c1ccccc1. The summed E-state index contributed by atoms with van der Waals surface area (Å²) in [4.78, 5) is 0. The van der Waals surface area contributed by atoms with Gasteiger partial charge in [0.2, 0.25) is 0 Å². The fourth-order valence-corrected chi connectivity index (χ4v) is 13.3. The second-order valence-electron chi connectivity index (χ2n) is 11.5. The molecule has 0 radical (unpaired) electrons. The zero-order chi connectivity index (χ0) is 25.9. The quantitative estimate of drug-likeness (QED) is 0.205. The third kappa shape index (κ3) is 5.35. The first kappa shape index (κ1) is 26.4. The largest absolute Gasteiger partial charge is 0.0622 e. The molecule has 190 valence electrons. The van der Waals surface area contributed by atoms with Gasteiger partial charge in [0.1, 0.15) is 0 Å². The molecule has 0 saturated heterocycles. The molecule has 0 nitrogen and oxygen atoms in total. The van der Waals surface area contributed by atoms with Gasteiger partial charge in [-0.2, -0.15) is 0 Å². The molecule has 4 aromatic carbocycles. The summed E-state index contributed by atoms with van der Waals surface area (Å²) in [5.74, 6) is 1.35. The highest BCUT2D eigenvalue weighted by atomic mass is 31.1. The number of benzene rings is 4. The zero-order valence-corrected chi connectivity index (χ0v) is 24.5. The number of rotatable bonds is 8. The van der Waals surface area contributed by atoms with Crippen molar-refractivity contribution in [2.45, 2.75) is 57.3 Å². The molecule has 0 bridgehead atoms. The minimum atomic E-state index is -0.500. The predicted molar refractivity (Wildman–Crippen MR) is 167 cm³/mol. The lowest BCUT2D eigenvalue weighted by molar-refractivity contribution is 0.272. The summed E-state index contributed by atoms with van der Waals surface area (Å²) in [7, 11) is -0.999. The van der Waals surface area contributed by atoms with Gasteiger partial charge in [-0.05, 0) is 72.1 Å². The van der Waals surface area contributed by atoms with E-state index in [-0.39, 0.29) is 10.3 Å². The Morgan fingerprint density at radius 3 is 0.919 bits per heavy atom. The standard InChI is InChI=1S/C35H40P2/c1-34(2,36(28-18-9-5-10-19-28)29-20-11-6-12-21-29)32-26-17-27-33(32)35(3,4)37(30-22-13-7-14-23-30)31-24-15-8-16-25-31/h5-16,18-25,32-33H,17,26-27H2,1-4H3. The molecular weight excluding hydrogens is 482 g/mol. The van der Waals surface area contributed by atoms with Crippen molar-refractivity contribution in [2.24, 2.45) is 11.8 Å². The Hall–Kier alpha value is -2.26. The van der Waals surface area contributed by atoms with Gasteiger partial charge in [0.25, 0.3) is 0 Å². The summed E-state index contributed by atoms with van der Waals surface area (Å²) in [6, 6.07) is 45.4. The predicted octanol–water partition coefficient (Wildman–Crippen LogP) is 8.23. The van der Waals surface area contributed by atoms with Crippen LogP contribution in [0.2, 0.25) is 0 Å². The molecule has 0 spiro atoms. The van der Waals surface area contributed by atoms with Crippen molar-refractivity contribution < 1.29 is 0 Å². The summed E-state index contributed by atoms with van der Waals surface area (Å²) < 4.78 is 0. The Bertz CT molecular complexity index is 1070. The van der Waals surface area contributed by atoms with Crippen LogP contribution in [0.4, 0.5) is 0 Å². The van der Waals surface area contributed by atoms with Gasteiger partial charge in [-0.15, -0.1) is 0 Å². The average Bonchev–Trinajstić information content (AvgIpc) is 3.44. The van der Waals surface area contributed by atoms with Gasteiger partial charge < -0.3 is 0 Å². The molecule has 2 heteroatoms. The normalized spacial score (nSPS) is 18.4. The Kier molecular flexibility index (Phi) is 8.00. The van der Waals surface area contributed by atoms with Crippen LogP contribution in [0.3, 0.4) is 0 Å². The first-order chi connectivity index (χ1) is 17.9. The van der Waals surface area contributed by atoms with Gasteiger partial charge in [-0.3, -0.25) is 0 Å². The molecule has 4 aromatic rings. The van der Waals surface area contributed by atoms with Crippen LogP contribution in [0.5, 0.6) is 0 Å². The third-order valence-corrected chi connectivity index (χ3v) is 14.8. The molecule has 0 amide bonds. The smallest absolute Gasteiger partial charge is 0.00397 e. The van der Waals surface area contributed by atoms with Gasteiger partial charge in [-0.1, -0.05) is 155 Å². The van der Waals surface area contributed by atoms with E-state index in [1.165, 1.54) is 40.5 Å². The molecule has 1 aliphatic carbocycles. The highest BCUT2D eigenvalue weighted by Crippen LogP contribution is 2.63. The topological polar surface area (TPSA) is 0 Å². The van der Waals surface area contributed by atoms with E-state index in [0.29, 0.717) is 11.8 Å². The van der Waals surface area contributed by atoms with Crippen LogP contribution in [0.1, 0.15) is 47.0 Å². The van der Waals surface area contributed by atoms with E-state index in [1.807, 2.05) is 0 Å². The van der Waals surface area contributed by atoms with Crippen molar-refractivity contribution in [2.75, 3.05) is 0 Å². The summed E-state index contributed by atoms with van der Waals surface area (Å²) in [6.45, 7) is 10.4. The van der Waals surface area contributed by atoms with Crippen LogP contribution in [0.15, 0.2) is 121 Å². The van der Waals surface area contributed by atoms with E-state index < -0.39 is 15.8 Å². The molecule has 0 heterocycles. The van der Waals surface area contributed by atoms with Crippen molar-refractivity contribution in [3.63, 3.8) is 0 Å². The van der Waals surface area contributed by atoms with Crippen LogP contribution in [0.25, 0.3) is 0 Å². The van der Waals surface area contributed by atoms with Gasteiger partial charge in [0, 0.05) is 0 Å². The monoisotopic (exact) mass is 522 g/mol. The summed E-state index contributed by atoms with van der Waals surface area (Å²) in [5, 5.41) is 6.39. The zero-order valence-electron chi connectivity index (χ0n) is 22.7. The molecule has 1 aliphatic rings. The highest BCUT2D eigenvalue weighted by molar-refractivity contribution is 7.75. The lowest BCUT2D eigenvalue weighted by Crippen LogP contribution is -2.46. The lowest BCUT2D eigenvalue weighted by Gasteiger charge is -2.49. The van der Waals surface area contributed by atoms with Crippen LogP contribution >= 0.6 is 15.8 Å². The Morgan fingerprint density at radius 2 is 0.676 bits per heavy atom. The second kappa shape index (κ2) is 11.2. The van der Waals surface area contributed by atoms with Crippen LogP contribution in [-0.2, 0) is 0 Å². The summed E-state index contributed by atoms with van der Waals surface area (Å²) >= 11 is 0. The maximum absolute atomic E-state index is 2.59. The number of hydrogen-bond donors (Lipinski definition) is 0. The van der Waals surface area contributed by atoms with E-state index in [9.17, 15) is 0 Å². The van der Waals surface area contributed by atoms with Crippen molar-refractivity contribution in [1.29, 1.82) is 0 Å². The molecule has 0 N–H and O–H groups in total. The van der Waals surface area contributed by atoms with E-state index in [0.717, 1.165) is 0 Å². The van der Waals surface area contributed by atoms with Crippen molar-refractivity contribution in [1.82, 2.24) is 0 Å². The van der Waals surface area contributed by atoms with Gasteiger partial charge >= 0.3 is 0 Å². The van der Waals surface area contributed by atoms with Crippen LogP contribution < -0.4 is 21.2 Å². The minimum absolute atomic E-state index is 0.185. The molecular formula is C35H40P2. The van der Waals surface area contributed by atoms with Crippen molar-refractivity contribution >= 4 is 37.1 Å². The Balaban J connectivity index is 1.58. The Labute approximate surface area is 227 Å². The van der Waals surface area contributed by atoms with Crippen LogP contribution in [0, 0.1) is 11.8 Å². The second-order valence-corrected chi connectivity index (χ2v) is 17.2. The van der Waals surface area contributed by atoms with E-state index in [2.05, 4.69) is 149 Å². The molecule has 5 rings (SSSR count). The van der Waals surface area contributed by atoms with Gasteiger partial charge in [0.15, 0.2) is 0 Å². The van der Waals surface area contributed by atoms with Gasteiger partial charge in [0.05, 0.1) is 0 Å². The molecule has 37 heavy (non-hydrogen) atoms. The first-order valence-corrected chi connectivity index (χ1v) is 16.4. The fraction of sp³-hybridized carbons (Fsp3) is 0.314. The molecule has 2 unspecified atom stereocenters. The average molecular weight is 523 g/mol. The molecule has 1 saturated carbocycles. The molecule has 1 fully saturated rings. The molecule has 0 aliphatic heterocycles. The Morgan fingerprint density at radius 1 is 0.432 bits per heavy atom. The lowest BCUT2D eigenvalue weighted by atomic mass is 9.78. The fourth-order valence-electron chi connectivity index (χ4n) is 6.92. The van der Waals surface area contributed by atoms with Crippen molar-refractivity contribution in [3.8, 4) is 0 Å². The molecule has 0 aromatic heterocycles. The van der Waals surface area contributed by atoms with E-state index in [1.54, 1.807) is 0 Å². The summed E-state index contributed by atoms with van der Waals surface area (Å²) in [6.07, 6.45) is 3.99. The van der Waals surface area contributed by atoms with Crippen LogP contribution in [-0.4, -0.2) is 10.3 Å². The summed E-state index contributed by atoms with van der Waals surface area (Å²) in [5.41, 5.74) is 0. The maximum Gasteiger partial charge on any atom is -0.00397 e. The minimum Gasteiger partial charge on any atom is -0.0622 e. The van der Waals surface area contributed by atoms with Crippen molar-refractivity contribution in [3.05, 3.63) is 121 Å². The van der Waals surface area contributed by atoms with E-state index >= 15 is 0 Å². The molecule has 2 atom stereocenters. The highest BCUT2D eigenvalue weighted by Gasteiger charge is 2.51. The van der Waals surface area contributed by atoms with Gasteiger partial charge in [-0.25, -0.2) is 0 Å². The number of hydrogen-bond acceptors (Lipinski definition) is 0.